The molecule has 0 bridgehead atoms. The number of aryl methyl sites for hydroxylation is 1. The van der Waals surface area contributed by atoms with Crippen molar-refractivity contribution in [3.05, 3.63) is 11.1 Å². The first-order valence-electron chi connectivity index (χ1n) is 7.48. The van der Waals surface area contributed by atoms with Gasteiger partial charge in [-0.3, -0.25) is 4.79 Å². The fourth-order valence-electron chi connectivity index (χ4n) is 2.73. The van der Waals surface area contributed by atoms with Crippen LogP contribution in [0.1, 0.15) is 11.3 Å². The zero-order chi connectivity index (χ0) is 14.7. The van der Waals surface area contributed by atoms with Crippen LogP contribution in [0.4, 0.5) is 5.13 Å². The molecule has 0 aliphatic carbocycles. The van der Waals surface area contributed by atoms with Crippen LogP contribution in [-0.4, -0.2) is 67.8 Å². The molecule has 1 aromatic heterocycles. The van der Waals surface area contributed by atoms with Gasteiger partial charge in [-0.05, 0) is 6.92 Å². The summed E-state index contributed by atoms with van der Waals surface area (Å²) < 4.78 is 5.40. The number of amides is 1. The monoisotopic (exact) mass is 310 g/mol. The van der Waals surface area contributed by atoms with Gasteiger partial charge in [0, 0.05) is 56.3 Å². The van der Waals surface area contributed by atoms with Crippen molar-refractivity contribution in [3.8, 4) is 0 Å². The molecule has 0 aromatic carbocycles. The van der Waals surface area contributed by atoms with Gasteiger partial charge in [0.25, 0.3) is 0 Å². The van der Waals surface area contributed by atoms with Crippen LogP contribution in [0.2, 0.25) is 0 Å². The van der Waals surface area contributed by atoms with E-state index in [1.165, 1.54) is 4.88 Å². The molecule has 2 aliphatic heterocycles. The van der Waals surface area contributed by atoms with Gasteiger partial charge in [-0.25, -0.2) is 4.98 Å². The third-order valence-electron chi connectivity index (χ3n) is 3.93. The molecule has 6 nitrogen and oxygen atoms in total. The minimum atomic E-state index is 0.172. The molecule has 3 heterocycles. The molecule has 1 unspecified atom stereocenters. The molecule has 0 radical (unpaired) electrons. The number of carbonyl (C=O) groups excluding carboxylic acids is 1. The maximum Gasteiger partial charge on any atom is 0.224 e. The quantitative estimate of drug-likeness (QED) is 0.880. The van der Waals surface area contributed by atoms with Crippen LogP contribution in [0.25, 0.3) is 0 Å². The number of aromatic nitrogens is 1. The molecule has 1 atom stereocenters. The number of hydrogen-bond donors (Lipinski definition) is 1. The summed E-state index contributed by atoms with van der Waals surface area (Å²) in [6, 6.07) is 0.172. The summed E-state index contributed by atoms with van der Waals surface area (Å²) in [7, 11) is 0. The largest absolute Gasteiger partial charge is 0.378 e. The minimum absolute atomic E-state index is 0.172. The van der Waals surface area contributed by atoms with E-state index in [9.17, 15) is 4.79 Å². The van der Waals surface area contributed by atoms with Crippen molar-refractivity contribution in [2.75, 3.05) is 50.8 Å². The lowest BCUT2D eigenvalue weighted by molar-refractivity contribution is -0.132. The molecule has 2 fully saturated rings. The number of hydrogen-bond acceptors (Lipinski definition) is 6. The zero-order valence-corrected chi connectivity index (χ0v) is 13.2. The van der Waals surface area contributed by atoms with E-state index in [1.54, 1.807) is 11.3 Å². The third-order valence-corrected chi connectivity index (χ3v) is 4.90. The molecule has 2 aliphatic rings. The second kappa shape index (κ2) is 6.72. The Hall–Kier alpha value is -1.18. The number of carbonyl (C=O) groups is 1. The number of thiazole rings is 1. The summed E-state index contributed by atoms with van der Waals surface area (Å²) in [6.45, 7) is 7.60. The lowest BCUT2D eigenvalue weighted by atomic mass is 10.1. The van der Waals surface area contributed by atoms with Crippen molar-refractivity contribution in [1.82, 2.24) is 15.2 Å². The fourth-order valence-corrected chi connectivity index (χ4v) is 3.54. The van der Waals surface area contributed by atoms with Gasteiger partial charge in [0.1, 0.15) is 0 Å². The molecule has 1 amide bonds. The van der Waals surface area contributed by atoms with Gasteiger partial charge >= 0.3 is 0 Å². The van der Waals surface area contributed by atoms with E-state index in [2.05, 4.69) is 22.1 Å². The highest BCUT2D eigenvalue weighted by molar-refractivity contribution is 7.15. The number of piperazine rings is 1. The Morgan fingerprint density at radius 1 is 1.48 bits per heavy atom. The SMILES string of the molecule is Cc1cnc(N2CCN(C(=O)CC3COCCN3)CC2)s1. The van der Waals surface area contributed by atoms with Crippen molar-refractivity contribution < 1.29 is 9.53 Å². The normalized spacial score (nSPS) is 23.4. The Morgan fingerprint density at radius 2 is 2.29 bits per heavy atom. The highest BCUT2D eigenvalue weighted by Crippen LogP contribution is 2.22. The average molecular weight is 310 g/mol. The smallest absolute Gasteiger partial charge is 0.224 e. The van der Waals surface area contributed by atoms with E-state index in [0.29, 0.717) is 13.0 Å². The number of morpholine rings is 1. The summed E-state index contributed by atoms with van der Waals surface area (Å²) in [4.78, 5) is 22.2. The lowest BCUT2D eigenvalue weighted by Gasteiger charge is -2.35. The lowest BCUT2D eigenvalue weighted by Crippen LogP contribution is -2.51. The van der Waals surface area contributed by atoms with Gasteiger partial charge in [-0.15, -0.1) is 11.3 Å². The molecule has 116 valence electrons. The Labute approximate surface area is 129 Å². The first-order valence-corrected chi connectivity index (χ1v) is 8.30. The third kappa shape index (κ3) is 3.72. The molecule has 21 heavy (non-hydrogen) atoms. The summed E-state index contributed by atoms with van der Waals surface area (Å²) in [6.07, 6.45) is 2.45. The number of nitrogens with zero attached hydrogens (tertiary/aromatic N) is 3. The molecule has 0 saturated carbocycles. The van der Waals surface area contributed by atoms with Gasteiger partial charge in [-0.1, -0.05) is 0 Å². The van der Waals surface area contributed by atoms with Gasteiger partial charge in [0.15, 0.2) is 5.13 Å². The molecular weight excluding hydrogens is 288 g/mol. The highest BCUT2D eigenvalue weighted by atomic mass is 32.1. The van der Waals surface area contributed by atoms with Crippen molar-refractivity contribution in [1.29, 1.82) is 0 Å². The van der Waals surface area contributed by atoms with Gasteiger partial charge in [0.2, 0.25) is 5.91 Å². The predicted molar refractivity (Wildman–Crippen MR) is 82.9 cm³/mol. The van der Waals surface area contributed by atoms with Crippen molar-refractivity contribution in [2.24, 2.45) is 0 Å². The molecular formula is C14H22N4O2S. The maximum atomic E-state index is 12.3. The van der Waals surface area contributed by atoms with Gasteiger partial charge < -0.3 is 19.9 Å². The number of ether oxygens (including phenoxy) is 1. The Morgan fingerprint density at radius 3 is 2.90 bits per heavy atom. The topological polar surface area (TPSA) is 57.7 Å². The summed E-state index contributed by atoms with van der Waals surface area (Å²) in [5.41, 5.74) is 0. The van der Waals surface area contributed by atoms with Crippen molar-refractivity contribution in [3.63, 3.8) is 0 Å². The first-order chi connectivity index (χ1) is 10.2. The second-order valence-electron chi connectivity index (χ2n) is 5.55. The average Bonchev–Trinajstić information content (AvgIpc) is 2.95. The highest BCUT2D eigenvalue weighted by Gasteiger charge is 2.25. The van der Waals surface area contributed by atoms with E-state index in [-0.39, 0.29) is 11.9 Å². The number of rotatable bonds is 3. The van der Waals surface area contributed by atoms with Gasteiger partial charge in [-0.2, -0.15) is 0 Å². The van der Waals surface area contributed by atoms with Crippen molar-refractivity contribution >= 4 is 22.4 Å². The first kappa shape index (κ1) is 14.7. The standard InChI is InChI=1S/C14H22N4O2S/c1-11-9-16-14(21-11)18-5-3-17(4-6-18)13(19)8-12-10-20-7-2-15-12/h9,12,15H,2-8,10H2,1H3. The molecule has 0 spiro atoms. The van der Waals surface area contributed by atoms with Crippen LogP contribution in [0, 0.1) is 6.92 Å². The predicted octanol–water partition coefficient (Wildman–Crippen LogP) is 0.479. The van der Waals surface area contributed by atoms with Crippen LogP contribution in [-0.2, 0) is 9.53 Å². The Balaban J connectivity index is 1.47. The van der Waals surface area contributed by atoms with E-state index >= 15 is 0 Å². The second-order valence-corrected chi connectivity index (χ2v) is 6.76. The van der Waals surface area contributed by atoms with E-state index < -0.39 is 0 Å². The Kier molecular flexibility index (Phi) is 4.72. The zero-order valence-electron chi connectivity index (χ0n) is 12.4. The Bertz CT molecular complexity index is 479. The van der Waals surface area contributed by atoms with Crippen LogP contribution in [0.5, 0.6) is 0 Å². The van der Waals surface area contributed by atoms with Crippen LogP contribution >= 0.6 is 11.3 Å². The number of anilines is 1. The fraction of sp³-hybridized carbons (Fsp3) is 0.714. The van der Waals surface area contributed by atoms with E-state index in [0.717, 1.165) is 44.5 Å². The molecule has 1 N–H and O–H groups in total. The summed E-state index contributed by atoms with van der Waals surface area (Å²) in [5, 5.41) is 4.41. The summed E-state index contributed by atoms with van der Waals surface area (Å²) in [5.74, 6) is 0.230. The van der Waals surface area contributed by atoms with Crippen LogP contribution in [0.3, 0.4) is 0 Å². The molecule has 7 heteroatoms. The maximum absolute atomic E-state index is 12.3. The number of nitrogens with one attached hydrogen (secondary N) is 1. The van der Waals surface area contributed by atoms with E-state index in [4.69, 9.17) is 4.74 Å². The minimum Gasteiger partial charge on any atom is -0.378 e. The van der Waals surface area contributed by atoms with Crippen molar-refractivity contribution in [2.45, 2.75) is 19.4 Å². The molecule has 3 rings (SSSR count). The molecule has 1 aromatic rings. The molecule has 2 saturated heterocycles. The summed E-state index contributed by atoms with van der Waals surface area (Å²) >= 11 is 1.72. The van der Waals surface area contributed by atoms with Crippen LogP contribution in [0.15, 0.2) is 6.20 Å². The van der Waals surface area contributed by atoms with Gasteiger partial charge in [0.05, 0.1) is 13.2 Å². The van der Waals surface area contributed by atoms with E-state index in [1.807, 2.05) is 11.1 Å². The van der Waals surface area contributed by atoms with Crippen LogP contribution < -0.4 is 10.2 Å².